The molecule has 1 aliphatic heterocycles. The minimum absolute atomic E-state index is 0.252. The Labute approximate surface area is 210 Å². The lowest BCUT2D eigenvalue weighted by atomic mass is 10.0. The first-order chi connectivity index (χ1) is 17.1. The van der Waals surface area contributed by atoms with Gasteiger partial charge in [-0.15, -0.1) is 0 Å². The van der Waals surface area contributed by atoms with E-state index in [-0.39, 0.29) is 5.91 Å². The maximum atomic E-state index is 13.2. The zero-order chi connectivity index (χ0) is 24.2. The molecule has 1 fully saturated rings. The third kappa shape index (κ3) is 5.16. The molecule has 1 saturated heterocycles. The number of halogens is 1. The van der Waals surface area contributed by atoms with Crippen LogP contribution in [-0.4, -0.2) is 46.2 Å². The van der Waals surface area contributed by atoms with Gasteiger partial charge in [0, 0.05) is 35.9 Å². The van der Waals surface area contributed by atoms with E-state index in [0.29, 0.717) is 22.4 Å². The van der Waals surface area contributed by atoms with Crippen LogP contribution in [0.15, 0.2) is 67.0 Å². The second-order valence-electron chi connectivity index (χ2n) is 8.84. The Morgan fingerprint density at radius 2 is 1.94 bits per heavy atom. The fraction of sp³-hybridized carbons (Fsp3) is 0.296. The van der Waals surface area contributed by atoms with Crippen molar-refractivity contribution in [3.8, 4) is 11.1 Å². The van der Waals surface area contributed by atoms with E-state index in [4.69, 9.17) is 11.6 Å². The predicted molar refractivity (Wildman–Crippen MR) is 141 cm³/mol. The molecular weight excluding hydrogens is 460 g/mol. The molecule has 0 radical (unpaired) electrons. The Hall–Kier alpha value is -3.42. The van der Waals surface area contributed by atoms with Crippen molar-refractivity contribution < 1.29 is 4.79 Å². The molecular formula is C27H29ClN6O. The fourth-order valence-corrected chi connectivity index (χ4v) is 4.76. The summed E-state index contributed by atoms with van der Waals surface area (Å²) < 4.78 is 1.66. The summed E-state index contributed by atoms with van der Waals surface area (Å²) in [7, 11) is 0. The number of nitrogens with zero attached hydrogens (tertiary/aromatic N) is 4. The number of carbonyl (C=O) groups excluding carboxylic acids is 1. The van der Waals surface area contributed by atoms with Crippen molar-refractivity contribution in [3.63, 3.8) is 0 Å². The van der Waals surface area contributed by atoms with E-state index in [2.05, 4.69) is 38.6 Å². The van der Waals surface area contributed by atoms with Gasteiger partial charge in [0.05, 0.1) is 17.6 Å². The van der Waals surface area contributed by atoms with Crippen LogP contribution in [-0.2, 0) is 0 Å². The number of amides is 1. The molecule has 0 atom stereocenters. The molecule has 0 bridgehead atoms. The van der Waals surface area contributed by atoms with Crippen molar-refractivity contribution in [2.45, 2.75) is 32.2 Å². The number of piperidine rings is 1. The molecule has 180 valence electrons. The molecule has 0 spiro atoms. The van der Waals surface area contributed by atoms with E-state index in [1.807, 2.05) is 42.5 Å². The van der Waals surface area contributed by atoms with Crippen LogP contribution >= 0.6 is 11.6 Å². The number of rotatable bonds is 7. The molecule has 0 saturated carbocycles. The highest BCUT2D eigenvalue weighted by molar-refractivity contribution is 6.30. The predicted octanol–water partition coefficient (Wildman–Crippen LogP) is 5.27. The van der Waals surface area contributed by atoms with Crippen LogP contribution in [0.3, 0.4) is 0 Å². The van der Waals surface area contributed by atoms with E-state index in [0.717, 1.165) is 61.4 Å². The van der Waals surface area contributed by atoms with Gasteiger partial charge in [-0.1, -0.05) is 42.8 Å². The maximum absolute atomic E-state index is 13.2. The molecule has 35 heavy (non-hydrogen) atoms. The smallest absolute Gasteiger partial charge is 0.274 e. The topological polar surface area (TPSA) is 74.6 Å². The van der Waals surface area contributed by atoms with Gasteiger partial charge in [-0.2, -0.15) is 5.10 Å². The van der Waals surface area contributed by atoms with Crippen molar-refractivity contribution in [1.82, 2.24) is 19.9 Å². The molecule has 0 unspecified atom stereocenters. The van der Waals surface area contributed by atoms with Crippen molar-refractivity contribution in [3.05, 3.63) is 77.7 Å². The van der Waals surface area contributed by atoms with E-state index >= 15 is 0 Å². The number of fused-ring (bicyclic) bond motifs is 1. The maximum Gasteiger partial charge on any atom is 0.274 e. The molecule has 0 aliphatic carbocycles. The minimum atomic E-state index is -0.252. The van der Waals surface area contributed by atoms with E-state index in [1.54, 1.807) is 23.0 Å². The number of para-hydroxylation sites is 2. The van der Waals surface area contributed by atoms with Crippen LogP contribution in [0.5, 0.6) is 0 Å². The number of carbonyl (C=O) groups is 1. The van der Waals surface area contributed by atoms with E-state index < -0.39 is 0 Å². The number of hydrogen-bond acceptors (Lipinski definition) is 5. The lowest BCUT2D eigenvalue weighted by molar-refractivity contribution is 0.102. The Kier molecular flexibility index (Phi) is 6.97. The second-order valence-corrected chi connectivity index (χ2v) is 9.27. The van der Waals surface area contributed by atoms with Gasteiger partial charge in [0.25, 0.3) is 5.91 Å². The summed E-state index contributed by atoms with van der Waals surface area (Å²) in [4.78, 5) is 20.2. The van der Waals surface area contributed by atoms with Crippen molar-refractivity contribution >= 4 is 34.5 Å². The largest absolute Gasteiger partial charge is 0.370 e. The van der Waals surface area contributed by atoms with Gasteiger partial charge in [-0.25, -0.2) is 9.50 Å². The van der Waals surface area contributed by atoms with Crippen LogP contribution in [0, 0.1) is 0 Å². The normalized spacial score (nSPS) is 14.4. The highest BCUT2D eigenvalue weighted by Crippen LogP contribution is 2.29. The molecule has 8 heteroatoms. The molecule has 4 aromatic rings. The Balaban J connectivity index is 1.35. The van der Waals surface area contributed by atoms with Gasteiger partial charge in [0.1, 0.15) is 5.69 Å². The SMILES string of the molecule is CCCNC1CCN(c2ccccc2NC(=O)c2ccn3ncc(-c4cccc(Cl)c4)c3n2)CC1. The molecule has 2 aromatic carbocycles. The Morgan fingerprint density at radius 1 is 1.11 bits per heavy atom. The minimum Gasteiger partial charge on any atom is -0.370 e. The standard InChI is InChI=1S/C27H29ClN6O/c1-2-13-29-21-10-14-33(15-11-21)25-9-4-3-8-23(25)32-27(35)24-12-16-34-26(31-24)22(18-30-34)19-6-5-7-20(28)17-19/h3-9,12,16-18,21,29H,2,10-11,13-15H2,1H3,(H,32,35). The van der Waals surface area contributed by atoms with Gasteiger partial charge >= 0.3 is 0 Å². The average Bonchev–Trinajstić information content (AvgIpc) is 3.31. The summed E-state index contributed by atoms with van der Waals surface area (Å²) in [5.41, 5.74) is 4.50. The molecule has 2 aromatic heterocycles. The van der Waals surface area contributed by atoms with Gasteiger partial charge in [0.2, 0.25) is 0 Å². The van der Waals surface area contributed by atoms with Gasteiger partial charge in [-0.05, 0) is 61.7 Å². The summed E-state index contributed by atoms with van der Waals surface area (Å²) >= 11 is 6.17. The summed E-state index contributed by atoms with van der Waals surface area (Å²) in [5.74, 6) is -0.252. The summed E-state index contributed by atoms with van der Waals surface area (Å²) in [6, 6.07) is 17.8. The van der Waals surface area contributed by atoms with E-state index in [1.165, 1.54) is 0 Å². The van der Waals surface area contributed by atoms with Gasteiger partial charge in [-0.3, -0.25) is 4.79 Å². The quantitative estimate of drug-likeness (QED) is 0.370. The van der Waals surface area contributed by atoms with Crippen molar-refractivity contribution in [1.29, 1.82) is 0 Å². The van der Waals surface area contributed by atoms with Crippen LogP contribution in [0.25, 0.3) is 16.8 Å². The van der Waals surface area contributed by atoms with Crippen molar-refractivity contribution in [2.75, 3.05) is 29.9 Å². The number of anilines is 2. The monoisotopic (exact) mass is 488 g/mol. The first-order valence-corrected chi connectivity index (χ1v) is 12.5. The van der Waals surface area contributed by atoms with Gasteiger partial charge in [0.15, 0.2) is 5.65 Å². The fourth-order valence-electron chi connectivity index (χ4n) is 4.57. The Bertz CT molecular complexity index is 1330. The van der Waals surface area contributed by atoms with Crippen LogP contribution in [0.1, 0.15) is 36.7 Å². The average molecular weight is 489 g/mol. The van der Waals surface area contributed by atoms with Gasteiger partial charge < -0.3 is 15.5 Å². The summed E-state index contributed by atoms with van der Waals surface area (Å²) in [6.45, 7) is 5.16. The van der Waals surface area contributed by atoms with Crippen LogP contribution in [0.2, 0.25) is 5.02 Å². The number of aromatic nitrogens is 3. The number of hydrogen-bond donors (Lipinski definition) is 2. The molecule has 1 aliphatic rings. The molecule has 1 amide bonds. The zero-order valence-corrected chi connectivity index (χ0v) is 20.5. The van der Waals surface area contributed by atoms with Crippen LogP contribution < -0.4 is 15.5 Å². The molecule has 2 N–H and O–H groups in total. The summed E-state index contributed by atoms with van der Waals surface area (Å²) in [6.07, 6.45) is 6.83. The second kappa shape index (κ2) is 10.5. The molecule has 5 rings (SSSR count). The lowest BCUT2D eigenvalue weighted by Crippen LogP contribution is -2.43. The van der Waals surface area contributed by atoms with E-state index in [9.17, 15) is 4.79 Å². The van der Waals surface area contributed by atoms with Crippen molar-refractivity contribution in [2.24, 2.45) is 0 Å². The highest BCUT2D eigenvalue weighted by Gasteiger charge is 2.21. The van der Waals surface area contributed by atoms with Crippen LogP contribution in [0.4, 0.5) is 11.4 Å². The highest BCUT2D eigenvalue weighted by atomic mass is 35.5. The molecule has 3 heterocycles. The first kappa shape index (κ1) is 23.3. The Morgan fingerprint density at radius 3 is 2.74 bits per heavy atom. The third-order valence-corrected chi connectivity index (χ3v) is 6.64. The zero-order valence-electron chi connectivity index (χ0n) is 19.7. The lowest BCUT2D eigenvalue weighted by Gasteiger charge is -2.35. The number of benzene rings is 2. The summed E-state index contributed by atoms with van der Waals surface area (Å²) in [5, 5.41) is 11.7. The third-order valence-electron chi connectivity index (χ3n) is 6.41. The molecule has 7 nitrogen and oxygen atoms in total. The first-order valence-electron chi connectivity index (χ1n) is 12.1. The number of nitrogens with one attached hydrogen (secondary N) is 2.